The van der Waals surface area contributed by atoms with Gasteiger partial charge in [-0.05, 0) is 43.7 Å². The summed E-state index contributed by atoms with van der Waals surface area (Å²) in [6, 6.07) is 4.36. The van der Waals surface area contributed by atoms with Gasteiger partial charge in [0.15, 0.2) is 0 Å². The zero-order chi connectivity index (χ0) is 16.3. The second-order valence-electron chi connectivity index (χ2n) is 5.07. The number of nitrogens with one attached hydrogen (secondary N) is 1. The van der Waals surface area contributed by atoms with E-state index in [9.17, 15) is 9.18 Å². The van der Waals surface area contributed by atoms with E-state index in [4.69, 9.17) is 4.74 Å². The highest BCUT2D eigenvalue weighted by molar-refractivity contribution is 5.98. The van der Waals surface area contributed by atoms with Crippen molar-refractivity contribution in [2.75, 3.05) is 0 Å². The molecule has 1 aromatic rings. The Morgan fingerprint density at radius 2 is 2.14 bits per heavy atom. The largest absolute Gasteiger partial charge is 0.458 e. The topological polar surface area (TPSA) is 38.3 Å². The van der Waals surface area contributed by atoms with Crippen molar-refractivity contribution >= 4 is 11.7 Å². The Bertz CT molecular complexity index is 714. The number of amides is 1. The summed E-state index contributed by atoms with van der Waals surface area (Å²) in [6.45, 7) is 11.3. The number of carbonyl (C=O) groups excluding carboxylic acids is 1. The Hall–Kier alpha value is -2.62. The number of aryl methyl sites for hydroxylation is 1. The molecule has 1 aliphatic rings. The van der Waals surface area contributed by atoms with Crippen LogP contribution in [0.2, 0.25) is 0 Å². The average molecular weight is 299 g/mol. The first kappa shape index (κ1) is 15.8. The molecular weight excluding hydrogens is 281 g/mol. The first-order chi connectivity index (χ1) is 10.4. The summed E-state index contributed by atoms with van der Waals surface area (Å²) in [5.41, 5.74) is 2.87. The van der Waals surface area contributed by atoms with Gasteiger partial charge in [-0.1, -0.05) is 19.2 Å². The molecule has 22 heavy (non-hydrogen) atoms. The molecule has 0 unspecified atom stereocenters. The van der Waals surface area contributed by atoms with Gasteiger partial charge in [-0.15, -0.1) is 0 Å². The number of halogens is 1. The smallest absolute Gasteiger partial charge is 0.251 e. The standard InChI is InChI=1S/C18H18FNO2/c1-5-16-10-14(18(21)20-16)9-12(3)22-13(4)17-7-6-15(19)8-11(17)2/h5-9H,3-4,10H2,1-2H3,(H,20,21). The van der Waals surface area contributed by atoms with E-state index in [1.54, 1.807) is 19.1 Å². The lowest BCUT2D eigenvalue weighted by Gasteiger charge is -2.11. The normalized spacial score (nSPS) is 17.7. The Balaban J connectivity index is 2.09. The van der Waals surface area contributed by atoms with E-state index < -0.39 is 0 Å². The molecule has 1 heterocycles. The van der Waals surface area contributed by atoms with Gasteiger partial charge in [0.25, 0.3) is 5.91 Å². The third kappa shape index (κ3) is 3.52. The van der Waals surface area contributed by atoms with Crippen LogP contribution in [0, 0.1) is 12.7 Å². The molecule has 114 valence electrons. The molecule has 2 rings (SSSR count). The van der Waals surface area contributed by atoms with Crippen LogP contribution in [0.25, 0.3) is 5.76 Å². The van der Waals surface area contributed by atoms with Crippen LogP contribution < -0.4 is 5.32 Å². The van der Waals surface area contributed by atoms with E-state index in [1.165, 1.54) is 12.1 Å². The first-order valence-electron chi connectivity index (χ1n) is 6.90. The van der Waals surface area contributed by atoms with Crippen LogP contribution in [0.3, 0.4) is 0 Å². The number of hydrogen-bond acceptors (Lipinski definition) is 2. The Morgan fingerprint density at radius 1 is 1.41 bits per heavy atom. The molecule has 0 saturated carbocycles. The van der Waals surface area contributed by atoms with Gasteiger partial charge in [0.05, 0.1) is 0 Å². The summed E-state index contributed by atoms with van der Waals surface area (Å²) in [5, 5.41) is 2.75. The Labute approximate surface area is 129 Å². The second kappa shape index (κ2) is 6.43. The molecule has 0 radical (unpaired) electrons. The van der Waals surface area contributed by atoms with Crippen molar-refractivity contribution in [1.82, 2.24) is 5.32 Å². The number of hydrogen-bond donors (Lipinski definition) is 1. The van der Waals surface area contributed by atoms with Crippen LogP contribution in [-0.4, -0.2) is 5.91 Å². The van der Waals surface area contributed by atoms with Gasteiger partial charge >= 0.3 is 0 Å². The van der Waals surface area contributed by atoms with Gasteiger partial charge in [0.2, 0.25) is 0 Å². The van der Waals surface area contributed by atoms with Crippen LogP contribution >= 0.6 is 0 Å². The number of rotatable bonds is 4. The summed E-state index contributed by atoms with van der Waals surface area (Å²) >= 11 is 0. The molecular formula is C18H18FNO2. The average Bonchev–Trinajstić information content (AvgIpc) is 2.79. The predicted octanol–water partition coefficient (Wildman–Crippen LogP) is 3.99. The van der Waals surface area contributed by atoms with Gasteiger partial charge in [0.1, 0.15) is 17.3 Å². The lowest BCUT2D eigenvalue weighted by Crippen LogP contribution is -2.13. The van der Waals surface area contributed by atoms with E-state index in [2.05, 4.69) is 18.5 Å². The molecule has 0 aromatic heterocycles. The molecule has 1 saturated heterocycles. The van der Waals surface area contributed by atoms with Crippen LogP contribution in [0.1, 0.15) is 24.5 Å². The van der Waals surface area contributed by atoms with E-state index >= 15 is 0 Å². The summed E-state index contributed by atoms with van der Waals surface area (Å²) in [5.74, 6) is 0.221. The van der Waals surface area contributed by atoms with E-state index in [0.29, 0.717) is 29.1 Å². The number of ether oxygens (including phenoxy) is 1. The molecule has 1 fully saturated rings. The minimum absolute atomic E-state index is 0.151. The fourth-order valence-electron chi connectivity index (χ4n) is 2.22. The molecule has 3 nitrogen and oxygen atoms in total. The Kier molecular flexibility index (Phi) is 4.61. The van der Waals surface area contributed by atoms with Gasteiger partial charge in [-0.2, -0.15) is 0 Å². The third-order valence-corrected chi connectivity index (χ3v) is 3.37. The monoisotopic (exact) mass is 299 g/mol. The van der Waals surface area contributed by atoms with Crippen molar-refractivity contribution < 1.29 is 13.9 Å². The quantitative estimate of drug-likeness (QED) is 0.674. The predicted molar refractivity (Wildman–Crippen MR) is 85.0 cm³/mol. The molecule has 1 amide bonds. The molecule has 1 N–H and O–H groups in total. The maximum atomic E-state index is 13.1. The van der Waals surface area contributed by atoms with Crippen LogP contribution in [0.15, 0.2) is 60.5 Å². The highest BCUT2D eigenvalue weighted by atomic mass is 19.1. The fourth-order valence-corrected chi connectivity index (χ4v) is 2.22. The van der Waals surface area contributed by atoms with Crippen molar-refractivity contribution in [1.29, 1.82) is 0 Å². The maximum absolute atomic E-state index is 13.1. The SMILES string of the molecule is C=C(C=C1CC(=CC)NC1=O)OC(=C)c1ccc(F)cc1C. The summed E-state index contributed by atoms with van der Waals surface area (Å²) in [4.78, 5) is 11.7. The number of benzene rings is 1. The molecule has 0 spiro atoms. The molecule has 0 atom stereocenters. The van der Waals surface area contributed by atoms with Crippen molar-refractivity contribution in [2.45, 2.75) is 20.3 Å². The lowest BCUT2D eigenvalue weighted by atomic mass is 10.1. The summed E-state index contributed by atoms with van der Waals surface area (Å²) < 4.78 is 18.7. The van der Waals surface area contributed by atoms with Gasteiger partial charge < -0.3 is 10.1 Å². The zero-order valence-electron chi connectivity index (χ0n) is 12.7. The first-order valence-corrected chi connectivity index (χ1v) is 6.90. The lowest BCUT2D eigenvalue weighted by molar-refractivity contribution is -0.115. The molecule has 1 aliphatic heterocycles. The zero-order valence-corrected chi connectivity index (χ0v) is 12.7. The second-order valence-corrected chi connectivity index (χ2v) is 5.07. The van der Waals surface area contributed by atoms with Crippen LogP contribution in [-0.2, 0) is 9.53 Å². The van der Waals surface area contributed by atoms with Crippen LogP contribution in [0.4, 0.5) is 4.39 Å². The van der Waals surface area contributed by atoms with Crippen LogP contribution in [0.5, 0.6) is 0 Å². The summed E-state index contributed by atoms with van der Waals surface area (Å²) in [6.07, 6.45) is 3.97. The highest BCUT2D eigenvalue weighted by Gasteiger charge is 2.20. The van der Waals surface area contributed by atoms with Gasteiger partial charge in [-0.25, -0.2) is 4.39 Å². The fraction of sp³-hybridized carbons (Fsp3) is 0.167. The van der Waals surface area contributed by atoms with Crippen molar-refractivity contribution in [3.05, 3.63) is 77.5 Å². The summed E-state index contributed by atoms with van der Waals surface area (Å²) in [7, 11) is 0. The van der Waals surface area contributed by atoms with E-state index in [0.717, 1.165) is 11.3 Å². The molecule has 4 heteroatoms. The number of carbonyl (C=O) groups is 1. The van der Waals surface area contributed by atoms with Crippen molar-refractivity contribution in [3.63, 3.8) is 0 Å². The maximum Gasteiger partial charge on any atom is 0.251 e. The van der Waals surface area contributed by atoms with Gasteiger partial charge in [-0.3, -0.25) is 4.79 Å². The van der Waals surface area contributed by atoms with E-state index in [1.807, 2.05) is 13.0 Å². The van der Waals surface area contributed by atoms with Gasteiger partial charge in [0, 0.05) is 23.3 Å². The Morgan fingerprint density at radius 3 is 2.73 bits per heavy atom. The molecule has 0 aliphatic carbocycles. The molecule has 0 bridgehead atoms. The minimum atomic E-state index is -0.309. The highest BCUT2D eigenvalue weighted by Crippen LogP contribution is 2.24. The third-order valence-electron chi connectivity index (χ3n) is 3.37. The number of allylic oxidation sites excluding steroid dienone is 3. The van der Waals surface area contributed by atoms with E-state index in [-0.39, 0.29) is 11.7 Å². The van der Waals surface area contributed by atoms with Crippen molar-refractivity contribution in [3.8, 4) is 0 Å². The minimum Gasteiger partial charge on any atom is -0.458 e. The molecule has 1 aromatic carbocycles. The van der Waals surface area contributed by atoms with Crippen molar-refractivity contribution in [2.24, 2.45) is 0 Å².